The van der Waals surface area contributed by atoms with E-state index in [1.807, 2.05) is 16.8 Å². The standard InChI is InChI=1S/C32H24ClF2N5O2/c1-16-6-18-3-2-17(9-29(18)42-15-16)20-7-25(36-13-20)31-24-12-23(24)28-8-19(10-30(41)40(28)31)22-11-21(33)4-5-27(22)39-14-26(32(34)35)37-38-39/h2-5,8-11,13-14,23-24,31-32H,1,6-7,12,15H2. The first-order chi connectivity index (χ1) is 20.3. The van der Waals surface area contributed by atoms with Gasteiger partial charge in [0.15, 0.2) is 0 Å². The number of benzene rings is 2. The van der Waals surface area contributed by atoms with Gasteiger partial charge in [0.2, 0.25) is 0 Å². The van der Waals surface area contributed by atoms with Crippen molar-refractivity contribution in [1.29, 1.82) is 0 Å². The number of fused-ring (bicyclic) bond motifs is 4. The molecule has 0 N–H and O–H groups in total. The van der Waals surface area contributed by atoms with E-state index in [0.717, 1.165) is 52.3 Å². The van der Waals surface area contributed by atoms with Crippen LogP contribution >= 0.6 is 11.6 Å². The number of rotatable bonds is 5. The Labute approximate surface area is 244 Å². The summed E-state index contributed by atoms with van der Waals surface area (Å²) in [5.41, 5.74) is 7.58. The van der Waals surface area contributed by atoms with Crippen LogP contribution in [0.15, 0.2) is 82.9 Å². The van der Waals surface area contributed by atoms with Crippen LogP contribution in [-0.2, 0) is 6.42 Å². The quantitative estimate of drug-likeness (QED) is 0.244. The van der Waals surface area contributed by atoms with Crippen molar-refractivity contribution in [1.82, 2.24) is 19.6 Å². The van der Waals surface area contributed by atoms with Crippen LogP contribution in [0.4, 0.5) is 8.78 Å². The molecule has 3 aliphatic heterocycles. The Morgan fingerprint density at radius 3 is 2.79 bits per heavy atom. The smallest absolute Gasteiger partial charge is 0.283 e. The van der Waals surface area contributed by atoms with Crippen LogP contribution in [0, 0.1) is 5.92 Å². The Morgan fingerprint density at radius 1 is 1.07 bits per heavy atom. The molecule has 42 heavy (non-hydrogen) atoms. The van der Waals surface area contributed by atoms with Gasteiger partial charge in [0.25, 0.3) is 12.0 Å². The van der Waals surface area contributed by atoms with Gasteiger partial charge in [-0.3, -0.25) is 9.79 Å². The molecule has 5 heterocycles. The molecule has 7 nitrogen and oxygen atoms in total. The van der Waals surface area contributed by atoms with E-state index in [4.69, 9.17) is 21.3 Å². The normalized spacial score (nSPS) is 21.9. The fourth-order valence-electron chi connectivity index (χ4n) is 6.60. The minimum atomic E-state index is -2.74. The van der Waals surface area contributed by atoms with Crippen molar-refractivity contribution >= 4 is 22.9 Å². The van der Waals surface area contributed by atoms with Crippen LogP contribution < -0.4 is 10.3 Å². The molecule has 4 aliphatic rings. The SMILES string of the molecule is C=C1COc2cc(C3=CN=C(C4C5CC5c5cc(-c6cc(Cl)ccc6-n6cc(C(F)F)nn6)cc(=O)n54)C3)ccc2C1. The monoisotopic (exact) mass is 583 g/mol. The molecule has 3 unspecified atom stereocenters. The van der Waals surface area contributed by atoms with Crippen molar-refractivity contribution < 1.29 is 13.5 Å². The second-order valence-corrected chi connectivity index (χ2v) is 11.8. The van der Waals surface area contributed by atoms with E-state index in [0.29, 0.717) is 40.8 Å². The Kier molecular flexibility index (Phi) is 5.63. The third-order valence-electron chi connectivity index (χ3n) is 8.66. The summed E-state index contributed by atoms with van der Waals surface area (Å²) in [4.78, 5) is 18.5. The van der Waals surface area contributed by atoms with Gasteiger partial charge in [-0.25, -0.2) is 13.5 Å². The highest BCUT2D eigenvalue weighted by molar-refractivity contribution is 6.31. The first kappa shape index (κ1) is 25.3. The lowest BCUT2D eigenvalue weighted by Crippen LogP contribution is -2.29. The van der Waals surface area contributed by atoms with Gasteiger partial charge in [-0.05, 0) is 70.5 Å². The highest BCUT2D eigenvalue weighted by atomic mass is 35.5. The third-order valence-corrected chi connectivity index (χ3v) is 8.90. The number of aromatic nitrogens is 4. The average Bonchev–Trinajstić information content (AvgIpc) is 3.30. The fourth-order valence-corrected chi connectivity index (χ4v) is 6.78. The Bertz CT molecular complexity index is 1940. The van der Waals surface area contributed by atoms with Crippen LogP contribution in [0.5, 0.6) is 5.75 Å². The van der Waals surface area contributed by atoms with Crippen LogP contribution in [0.2, 0.25) is 5.02 Å². The van der Waals surface area contributed by atoms with Crippen LogP contribution in [0.3, 0.4) is 0 Å². The molecule has 3 atom stereocenters. The molecule has 210 valence electrons. The molecule has 0 radical (unpaired) electrons. The van der Waals surface area contributed by atoms with Crippen LogP contribution in [0.25, 0.3) is 22.4 Å². The van der Waals surface area contributed by atoms with Crippen molar-refractivity contribution in [3.05, 3.63) is 111 Å². The van der Waals surface area contributed by atoms with Crippen molar-refractivity contribution in [2.75, 3.05) is 6.61 Å². The molecule has 8 rings (SSSR count). The third kappa shape index (κ3) is 4.06. The predicted octanol–water partition coefficient (Wildman–Crippen LogP) is 6.72. The first-order valence-electron chi connectivity index (χ1n) is 13.8. The van der Waals surface area contributed by atoms with E-state index in [1.165, 1.54) is 10.9 Å². The first-order valence-corrected chi connectivity index (χ1v) is 14.2. The molecule has 1 aliphatic carbocycles. The van der Waals surface area contributed by atoms with E-state index in [9.17, 15) is 13.6 Å². The molecule has 2 aromatic heterocycles. The number of ether oxygens (including phenoxy) is 1. The zero-order valence-electron chi connectivity index (χ0n) is 22.3. The van der Waals surface area contributed by atoms with Gasteiger partial charge in [0.05, 0.1) is 17.9 Å². The van der Waals surface area contributed by atoms with Gasteiger partial charge in [-0.1, -0.05) is 35.5 Å². The highest BCUT2D eigenvalue weighted by Gasteiger charge is 2.54. The van der Waals surface area contributed by atoms with Gasteiger partial charge in [-0.2, -0.15) is 0 Å². The van der Waals surface area contributed by atoms with Crippen molar-refractivity contribution in [3.63, 3.8) is 0 Å². The molecule has 0 saturated heterocycles. The molecule has 0 bridgehead atoms. The van der Waals surface area contributed by atoms with E-state index in [-0.39, 0.29) is 17.5 Å². The van der Waals surface area contributed by atoms with Gasteiger partial charge in [-0.15, -0.1) is 5.10 Å². The zero-order chi connectivity index (χ0) is 28.7. The summed E-state index contributed by atoms with van der Waals surface area (Å²) in [6, 6.07) is 14.9. The molecule has 0 spiro atoms. The van der Waals surface area contributed by atoms with Gasteiger partial charge < -0.3 is 9.30 Å². The molecule has 4 aromatic rings. The number of hydrogen-bond donors (Lipinski definition) is 0. The number of nitrogens with zero attached hydrogens (tertiary/aromatic N) is 5. The number of allylic oxidation sites excluding steroid dienone is 1. The molecular weight excluding hydrogens is 560 g/mol. The minimum Gasteiger partial charge on any atom is -0.489 e. The summed E-state index contributed by atoms with van der Waals surface area (Å²) in [6.07, 6.45) is 2.86. The lowest BCUT2D eigenvalue weighted by molar-refractivity contribution is 0.146. The second-order valence-electron chi connectivity index (χ2n) is 11.4. The summed E-state index contributed by atoms with van der Waals surface area (Å²) < 4.78 is 35.5. The molecule has 1 saturated carbocycles. The summed E-state index contributed by atoms with van der Waals surface area (Å²) >= 11 is 6.34. The minimum absolute atomic E-state index is 0.0970. The summed E-state index contributed by atoms with van der Waals surface area (Å²) in [7, 11) is 0. The number of pyridine rings is 1. The maximum absolute atomic E-state index is 13.7. The maximum atomic E-state index is 13.7. The van der Waals surface area contributed by atoms with Crippen LogP contribution in [0.1, 0.15) is 53.7 Å². The molecule has 0 amide bonds. The van der Waals surface area contributed by atoms with Gasteiger partial charge in [0.1, 0.15) is 18.1 Å². The lowest BCUT2D eigenvalue weighted by atomic mass is 9.95. The largest absolute Gasteiger partial charge is 0.489 e. The predicted molar refractivity (Wildman–Crippen MR) is 156 cm³/mol. The molecule has 1 fully saturated rings. The number of halogens is 3. The average molecular weight is 584 g/mol. The Morgan fingerprint density at radius 2 is 1.95 bits per heavy atom. The van der Waals surface area contributed by atoms with Gasteiger partial charge >= 0.3 is 0 Å². The summed E-state index contributed by atoms with van der Waals surface area (Å²) in [5, 5.41) is 7.94. The molecular formula is C32H24ClF2N5O2. The van der Waals surface area contributed by atoms with E-state index in [2.05, 4.69) is 35.1 Å². The number of alkyl halides is 2. The van der Waals surface area contributed by atoms with Gasteiger partial charge in [0, 0.05) is 53.0 Å². The molecule has 10 heteroatoms. The Balaban J connectivity index is 1.11. The van der Waals surface area contributed by atoms with E-state index >= 15 is 0 Å². The van der Waals surface area contributed by atoms with Crippen molar-refractivity contribution in [2.45, 2.75) is 37.6 Å². The Hall–Kier alpha value is -4.37. The number of hydrogen-bond acceptors (Lipinski definition) is 5. The second kappa shape index (κ2) is 9.32. The summed E-state index contributed by atoms with van der Waals surface area (Å²) in [5.74, 6) is 1.47. The highest BCUT2D eigenvalue weighted by Crippen LogP contribution is 2.60. The molecule has 2 aromatic carbocycles. The van der Waals surface area contributed by atoms with Crippen molar-refractivity contribution in [2.24, 2.45) is 10.9 Å². The number of aliphatic imine (C=N–C) groups is 1. The maximum Gasteiger partial charge on any atom is 0.283 e. The fraction of sp³-hybridized carbons (Fsp3) is 0.250. The summed E-state index contributed by atoms with van der Waals surface area (Å²) in [6.45, 7) is 4.57. The lowest BCUT2D eigenvalue weighted by Gasteiger charge is -2.21. The van der Waals surface area contributed by atoms with Crippen molar-refractivity contribution in [3.8, 4) is 22.6 Å². The van der Waals surface area contributed by atoms with E-state index in [1.54, 1.807) is 24.3 Å². The van der Waals surface area contributed by atoms with E-state index < -0.39 is 12.1 Å². The topological polar surface area (TPSA) is 74.3 Å². The van der Waals surface area contributed by atoms with Crippen LogP contribution in [-0.4, -0.2) is 31.9 Å². The zero-order valence-corrected chi connectivity index (χ0v) is 23.1.